The second-order valence-corrected chi connectivity index (χ2v) is 5.96. The van der Waals surface area contributed by atoms with Crippen molar-refractivity contribution in [1.29, 1.82) is 0 Å². The van der Waals surface area contributed by atoms with Gasteiger partial charge in [0.2, 0.25) is 0 Å². The predicted octanol–water partition coefficient (Wildman–Crippen LogP) is 4.12. The molecule has 1 aromatic heterocycles. The van der Waals surface area contributed by atoms with E-state index in [1.165, 1.54) is 23.4 Å². The van der Waals surface area contributed by atoms with Crippen molar-refractivity contribution in [2.45, 2.75) is 12.5 Å². The van der Waals surface area contributed by atoms with Gasteiger partial charge in [-0.15, -0.1) is 0 Å². The van der Waals surface area contributed by atoms with E-state index in [2.05, 4.69) is 5.10 Å². The number of phenols is 1. The minimum absolute atomic E-state index is 0.0939. The summed E-state index contributed by atoms with van der Waals surface area (Å²) < 4.78 is 18.5. The number of phenolic OH excluding ortho intramolecular Hbond substituents is 1. The van der Waals surface area contributed by atoms with E-state index in [4.69, 9.17) is 4.42 Å². The lowest BCUT2D eigenvalue weighted by Crippen LogP contribution is -2.26. The summed E-state index contributed by atoms with van der Waals surface area (Å²) in [6.07, 6.45) is 1.82. The lowest BCUT2D eigenvalue weighted by atomic mass is 9.98. The lowest BCUT2D eigenvalue weighted by Gasteiger charge is -2.21. The maximum absolute atomic E-state index is 13.3. The van der Waals surface area contributed by atoms with E-state index >= 15 is 0 Å². The lowest BCUT2D eigenvalue weighted by molar-refractivity contribution is 0.0678. The van der Waals surface area contributed by atoms with Crippen molar-refractivity contribution in [3.05, 3.63) is 89.6 Å². The van der Waals surface area contributed by atoms with Gasteiger partial charge in [-0.25, -0.2) is 9.40 Å². The molecule has 1 amide bonds. The highest BCUT2D eigenvalue weighted by Crippen LogP contribution is 2.35. The quantitative estimate of drug-likeness (QED) is 0.773. The Morgan fingerprint density at radius 3 is 2.58 bits per heavy atom. The molecule has 130 valence electrons. The molecule has 1 atom stereocenters. The highest BCUT2D eigenvalue weighted by Gasteiger charge is 2.35. The van der Waals surface area contributed by atoms with Crippen molar-refractivity contribution < 1.29 is 18.7 Å². The van der Waals surface area contributed by atoms with Gasteiger partial charge < -0.3 is 9.52 Å². The fraction of sp³-hybridized carbons (Fsp3) is 0.100. The van der Waals surface area contributed by atoms with Gasteiger partial charge >= 0.3 is 5.91 Å². The Morgan fingerprint density at radius 2 is 1.88 bits per heavy atom. The molecular weight excluding hydrogens is 335 g/mol. The zero-order valence-corrected chi connectivity index (χ0v) is 13.7. The topological polar surface area (TPSA) is 66.0 Å². The summed E-state index contributed by atoms with van der Waals surface area (Å²) in [5.74, 6) is -0.483. The minimum atomic E-state index is -0.414. The molecule has 4 rings (SSSR count). The third-order valence-electron chi connectivity index (χ3n) is 4.32. The molecule has 0 unspecified atom stereocenters. The number of nitrogens with zero attached hydrogens (tertiary/aromatic N) is 2. The third kappa shape index (κ3) is 2.86. The number of hydrazone groups is 1. The van der Waals surface area contributed by atoms with E-state index in [0.29, 0.717) is 17.7 Å². The van der Waals surface area contributed by atoms with Gasteiger partial charge in [0.05, 0.1) is 18.0 Å². The normalized spacial score (nSPS) is 16.6. The molecule has 0 bridgehead atoms. The molecule has 0 spiro atoms. The molecule has 2 heterocycles. The predicted molar refractivity (Wildman–Crippen MR) is 93.3 cm³/mol. The molecule has 6 heteroatoms. The van der Waals surface area contributed by atoms with Crippen molar-refractivity contribution in [3.63, 3.8) is 0 Å². The number of halogens is 1. The second kappa shape index (κ2) is 6.48. The first-order valence-electron chi connectivity index (χ1n) is 8.12. The zero-order valence-electron chi connectivity index (χ0n) is 13.7. The van der Waals surface area contributed by atoms with E-state index in [1.54, 1.807) is 48.5 Å². The number of rotatable bonds is 3. The average molecular weight is 350 g/mol. The van der Waals surface area contributed by atoms with Crippen LogP contribution in [0.4, 0.5) is 4.39 Å². The number of carbonyl (C=O) groups is 1. The molecule has 5 nitrogen and oxygen atoms in total. The summed E-state index contributed by atoms with van der Waals surface area (Å²) in [6, 6.07) is 15.6. The molecule has 1 aliphatic heterocycles. The molecule has 0 fully saturated rings. The zero-order chi connectivity index (χ0) is 18.1. The van der Waals surface area contributed by atoms with Crippen LogP contribution in [0.2, 0.25) is 0 Å². The monoisotopic (exact) mass is 350 g/mol. The molecule has 3 aromatic rings. The van der Waals surface area contributed by atoms with E-state index in [-0.39, 0.29) is 17.3 Å². The maximum Gasteiger partial charge on any atom is 0.310 e. The first-order chi connectivity index (χ1) is 12.6. The van der Waals surface area contributed by atoms with E-state index in [1.807, 2.05) is 0 Å². The van der Waals surface area contributed by atoms with Gasteiger partial charge in [0.25, 0.3) is 0 Å². The Morgan fingerprint density at radius 1 is 1.12 bits per heavy atom. The molecular formula is C20H15FN2O3. The first kappa shape index (κ1) is 16.1. The number of carbonyl (C=O) groups excluding carboxylic acids is 1. The second-order valence-electron chi connectivity index (χ2n) is 5.96. The summed E-state index contributed by atoms with van der Waals surface area (Å²) >= 11 is 0. The SMILES string of the molecule is O=C(c1ccco1)N1N=C(c2ccccc2O)C[C@H]1c1ccc(F)cc1. The number of amides is 1. The number of hydrogen-bond donors (Lipinski definition) is 1. The van der Waals surface area contributed by atoms with Gasteiger partial charge in [-0.3, -0.25) is 4.79 Å². The van der Waals surface area contributed by atoms with Crippen LogP contribution in [0.1, 0.15) is 34.1 Å². The molecule has 1 N–H and O–H groups in total. The van der Waals surface area contributed by atoms with Crippen LogP contribution in [-0.2, 0) is 0 Å². The third-order valence-corrected chi connectivity index (χ3v) is 4.32. The fourth-order valence-corrected chi connectivity index (χ4v) is 3.04. The summed E-state index contributed by atoms with van der Waals surface area (Å²) in [4.78, 5) is 12.8. The van der Waals surface area contributed by atoms with Gasteiger partial charge in [-0.05, 0) is 42.0 Å². The Bertz CT molecular complexity index is 965. The molecule has 0 saturated heterocycles. The minimum Gasteiger partial charge on any atom is -0.507 e. The molecule has 2 aromatic carbocycles. The first-order valence-corrected chi connectivity index (χ1v) is 8.12. The van der Waals surface area contributed by atoms with Crippen molar-refractivity contribution in [1.82, 2.24) is 5.01 Å². The van der Waals surface area contributed by atoms with Crippen LogP contribution < -0.4 is 0 Å². The maximum atomic E-state index is 13.3. The Labute approximate surface area is 149 Å². The van der Waals surface area contributed by atoms with E-state index in [0.717, 1.165) is 5.56 Å². The summed E-state index contributed by atoms with van der Waals surface area (Å²) in [5.41, 5.74) is 1.90. The van der Waals surface area contributed by atoms with E-state index in [9.17, 15) is 14.3 Å². The smallest absolute Gasteiger partial charge is 0.310 e. The number of hydrogen-bond acceptors (Lipinski definition) is 4. The Kier molecular flexibility index (Phi) is 4.01. The molecule has 1 aliphatic rings. The largest absolute Gasteiger partial charge is 0.507 e. The van der Waals surface area contributed by atoms with Crippen LogP contribution in [0.5, 0.6) is 5.75 Å². The molecule has 0 saturated carbocycles. The fourth-order valence-electron chi connectivity index (χ4n) is 3.04. The van der Waals surface area contributed by atoms with Crippen LogP contribution in [0.15, 0.2) is 76.4 Å². The van der Waals surface area contributed by atoms with Crippen LogP contribution >= 0.6 is 0 Å². The van der Waals surface area contributed by atoms with Crippen LogP contribution in [0.3, 0.4) is 0 Å². The standard InChI is InChI=1S/C20H15FN2O3/c21-14-9-7-13(8-10-14)17-12-16(15-4-1-2-5-18(15)24)22-23(17)20(25)19-6-3-11-26-19/h1-11,17,24H,12H2/t17-/m0/s1. The van der Waals surface area contributed by atoms with Crippen LogP contribution in [0, 0.1) is 5.82 Å². The van der Waals surface area contributed by atoms with Gasteiger partial charge in [-0.1, -0.05) is 24.3 Å². The highest BCUT2D eigenvalue weighted by molar-refractivity contribution is 6.06. The summed E-state index contributed by atoms with van der Waals surface area (Å²) in [6.45, 7) is 0. The Hall–Kier alpha value is -3.41. The van der Waals surface area contributed by atoms with Gasteiger partial charge in [0, 0.05) is 12.0 Å². The number of para-hydroxylation sites is 1. The van der Waals surface area contributed by atoms with Crippen molar-refractivity contribution >= 4 is 11.6 Å². The van der Waals surface area contributed by atoms with Crippen molar-refractivity contribution in [2.75, 3.05) is 0 Å². The van der Waals surface area contributed by atoms with Gasteiger partial charge in [-0.2, -0.15) is 5.10 Å². The highest BCUT2D eigenvalue weighted by atomic mass is 19.1. The molecule has 0 radical (unpaired) electrons. The van der Waals surface area contributed by atoms with E-state index < -0.39 is 11.9 Å². The Balaban J connectivity index is 1.75. The van der Waals surface area contributed by atoms with Crippen molar-refractivity contribution in [2.24, 2.45) is 5.10 Å². The van der Waals surface area contributed by atoms with Crippen molar-refractivity contribution in [3.8, 4) is 5.75 Å². The average Bonchev–Trinajstić information content (AvgIpc) is 3.32. The van der Waals surface area contributed by atoms with Gasteiger partial charge in [0.1, 0.15) is 11.6 Å². The number of benzene rings is 2. The molecule has 0 aliphatic carbocycles. The summed E-state index contributed by atoms with van der Waals surface area (Å²) in [7, 11) is 0. The number of aromatic hydroxyl groups is 1. The van der Waals surface area contributed by atoms with Crippen LogP contribution in [-0.4, -0.2) is 21.7 Å². The van der Waals surface area contributed by atoms with Gasteiger partial charge in [0.15, 0.2) is 5.76 Å². The van der Waals surface area contributed by atoms with Crippen LogP contribution in [0.25, 0.3) is 0 Å². The number of furan rings is 1. The molecule has 26 heavy (non-hydrogen) atoms. The summed E-state index contributed by atoms with van der Waals surface area (Å²) in [5, 5.41) is 15.9.